The molecule has 8 heteroatoms. The molecular formula is C17H23N3O3S2. The van der Waals surface area contributed by atoms with Gasteiger partial charge in [-0.1, -0.05) is 25.0 Å². The molecule has 1 saturated heterocycles. The van der Waals surface area contributed by atoms with Gasteiger partial charge in [0.2, 0.25) is 0 Å². The summed E-state index contributed by atoms with van der Waals surface area (Å²) in [5, 5.41) is 7.23. The maximum Gasteiger partial charge on any atom is 0.273 e. The largest absolute Gasteiger partial charge is 0.358 e. The first-order valence-electron chi connectivity index (χ1n) is 8.57. The van der Waals surface area contributed by atoms with Gasteiger partial charge in [0.05, 0.1) is 10.5 Å². The van der Waals surface area contributed by atoms with Crippen LogP contribution in [0.2, 0.25) is 0 Å². The number of amides is 1. The summed E-state index contributed by atoms with van der Waals surface area (Å²) in [4.78, 5) is 13.1. The van der Waals surface area contributed by atoms with Crippen LogP contribution in [0.5, 0.6) is 0 Å². The van der Waals surface area contributed by atoms with Gasteiger partial charge >= 0.3 is 0 Å². The molecule has 1 aromatic carbocycles. The highest BCUT2D eigenvalue weighted by atomic mass is 32.2. The van der Waals surface area contributed by atoms with E-state index in [9.17, 15) is 13.2 Å². The molecule has 1 N–H and O–H groups in total. The highest BCUT2D eigenvalue weighted by Crippen LogP contribution is 2.22. The van der Waals surface area contributed by atoms with E-state index >= 15 is 0 Å². The van der Waals surface area contributed by atoms with Crippen molar-refractivity contribution in [2.24, 2.45) is 0 Å². The molecule has 0 unspecified atom stereocenters. The Balaban J connectivity index is 1.80. The predicted octanol–water partition coefficient (Wildman–Crippen LogP) is 1.97. The zero-order chi connectivity index (χ0) is 18.0. The van der Waals surface area contributed by atoms with E-state index in [4.69, 9.17) is 12.2 Å². The molecule has 0 aromatic heterocycles. The summed E-state index contributed by atoms with van der Waals surface area (Å²) in [5.74, 6) is -0.325. The first kappa shape index (κ1) is 18.1. The van der Waals surface area contributed by atoms with Crippen LogP contribution in [-0.4, -0.2) is 54.8 Å². The van der Waals surface area contributed by atoms with E-state index < -0.39 is 9.84 Å². The summed E-state index contributed by atoms with van der Waals surface area (Å²) in [6.45, 7) is 1.19. The van der Waals surface area contributed by atoms with Crippen LogP contribution in [0, 0.1) is 0 Å². The molecule has 0 spiro atoms. The van der Waals surface area contributed by atoms with Gasteiger partial charge in [0.25, 0.3) is 5.91 Å². The molecule has 3 rings (SSSR count). The predicted molar refractivity (Wildman–Crippen MR) is 99.9 cm³/mol. The Labute approximate surface area is 154 Å². The molecule has 1 amide bonds. The van der Waals surface area contributed by atoms with E-state index in [1.165, 1.54) is 18.9 Å². The number of nitrogens with zero attached hydrogens (tertiary/aromatic N) is 2. The second-order valence-electron chi connectivity index (χ2n) is 6.60. The summed E-state index contributed by atoms with van der Waals surface area (Å²) in [7, 11) is -3.48. The lowest BCUT2D eigenvalue weighted by Crippen LogP contribution is -2.51. The van der Waals surface area contributed by atoms with Gasteiger partial charge in [0.1, 0.15) is 0 Å². The molecule has 0 radical (unpaired) electrons. The van der Waals surface area contributed by atoms with E-state index in [0.29, 0.717) is 24.2 Å². The number of sulfone groups is 1. The van der Waals surface area contributed by atoms with Gasteiger partial charge in [0.15, 0.2) is 14.9 Å². The minimum Gasteiger partial charge on any atom is -0.358 e. The Kier molecular flexibility index (Phi) is 5.29. The molecule has 136 valence electrons. The Morgan fingerprint density at radius 2 is 1.76 bits per heavy atom. The zero-order valence-corrected chi connectivity index (χ0v) is 15.9. The number of rotatable bonds is 3. The van der Waals surface area contributed by atoms with Gasteiger partial charge in [-0.15, -0.1) is 0 Å². The number of carbonyl (C=O) groups is 1. The number of thiocarbonyl (C=S) groups is 1. The zero-order valence-electron chi connectivity index (χ0n) is 14.3. The smallest absolute Gasteiger partial charge is 0.273 e. The molecule has 6 nitrogen and oxygen atoms in total. The second kappa shape index (κ2) is 7.29. The van der Waals surface area contributed by atoms with E-state index in [1.807, 2.05) is 0 Å². The highest BCUT2D eigenvalue weighted by Gasteiger charge is 2.32. The normalized spacial score (nSPS) is 18.6. The average Bonchev–Trinajstić information content (AvgIpc) is 3.24. The van der Waals surface area contributed by atoms with Crippen LogP contribution in [0.25, 0.3) is 0 Å². The fourth-order valence-electron chi connectivity index (χ4n) is 3.46. The van der Waals surface area contributed by atoms with Crippen LogP contribution in [0.3, 0.4) is 0 Å². The summed E-state index contributed by atoms with van der Waals surface area (Å²) >= 11 is 5.51. The third kappa shape index (κ3) is 3.95. The topological polar surface area (TPSA) is 69.7 Å². The van der Waals surface area contributed by atoms with Crippen molar-refractivity contribution in [3.8, 4) is 0 Å². The van der Waals surface area contributed by atoms with Crippen LogP contribution < -0.4 is 5.32 Å². The standard InChI is InChI=1S/C17H23N3O3S2/c1-25(22,23)15-10-5-4-9-14(15)16(21)19-11-6-12-20(19)17(24)18-13-7-2-3-8-13/h4-5,9-10,13H,2-3,6-8,11-12H2,1H3,(H,18,24). The molecule has 0 atom stereocenters. The third-order valence-electron chi connectivity index (χ3n) is 4.70. The Morgan fingerprint density at radius 3 is 2.44 bits per heavy atom. The number of hydrogen-bond acceptors (Lipinski definition) is 4. The summed E-state index contributed by atoms with van der Waals surface area (Å²) < 4.78 is 24.0. The van der Waals surface area contributed by atoms with E-state index in [0.717, 1.165) is 25.5 Å². The number of carbonyl (C=O) groups excluding carboxylic acids is 1. The SMILES string of the molecule is CS(=O)(=O)c1ccccc1C(=O)N1CCCN1C(=S)NC1CCCC1. The highest BCUT2D eigenvalue weighted by molar-refractivity contribution is 7.90. The molecule has 25 heavy (non-hydrogen) atoms. The lowest BCUT2D eigenvalue weighted by molar-refractivity contribution is 0.0485. The van der Waals surface area contributed by atoms with Crippen molar-refractivity contribution < 1.29 is 13.2 Å². The molecular weight excluding hydrogens is 358 g/mol. The third-order valence-corrected chi connectivity index (χ3v) is 6.18. The minimum atomic E-state index is -3.48. The van der Waals surface area contributed by atoms with Crippen molar-refractivity contribution in [3.05, 3.63) is 29.8 Å². The Hall–Kier alpha value is -1.67. The van der Waals surface area contributed by atoms with E-state index in [-0.39, 0.29) is 16.4 Å². The van der Waals surface area contributed by atoms with Crippen molar-refractivity contribution in [1.29, 1.82) is 0 Å². The molecule has 1 aliphatic carbocycles. The maximum absolute atomic E-state index is 13.0. The van der Waals surface area contributed by atoms with Crippen molar-refractivity contribution >= 4 is 33.1 Å². The van der Waals surface area contributed by atoms with Crippen LogP contribution in [0.1, 0.15) is 42.5 Å². The van der Waals surface area contributed by atoms with Gasteiger partial charge < -0.3 is 5.32 Å². The Morgan fingerprint density at radius 1 is 1.12 bits per heavy atom. The first-order chi connectivity index (χ1) is 11.9. The van der Waals surface area contributed by atoms with Crippen molar-refractivity contribution in [2.45, 2.75) is 43.0 Å². The van der Waals surface area contributed by atoms with E-state index in [1.54, 1.807) is 28.2 Å². The van der Waals surface area contributed by atoms with Crippen molar-refractivity contribution in [1.82, 2.24) is 15.3 Å². The quantitative estimate of drug-likeness (QED) is 0.808. The number of benzene rings is 1. The van der Waals surface area contributed by atoms with Crippen LogP contribution in [0.4, 0.5) is 0 Å². The van der Waals surface area contributed by atoms with Gasteiger partial charge in [-0.2, -0.15) is 0 Å². The van der Waals surface area contributed by atoms with Crippen LogP contribution in [0.15, 0.2) is 29.2 Å². The fraction of sp³-hybridized carbons (Fsp3) is 0.529. The molecule has 1 aromatic rings. The van der Waals surface area contributed by atoms with Crippen molar-refractivity contribution in [3.63, 3.8) is 0 Å². The lowest BCUT2D eigenvalue weighted by atomic mass is 10.2. The molecule has 1 aliphatic heterocycles. The minimum absolute atomic E-state index is 0.0570. The van der Waals surface area contributed by atoms with Gasteiger partial charge in [0, 0.05) is 25.4 Å². The van der Waals surface area contributed by atoms with Gasteiger partial charge in [-0.05, 0) is 43.6 Å². The average molecular weight is 382 g/mol. The Bertz CT molecular complexity index is 773. The van der Waals surface area contributed by atoms with Gasteiger partial charge in [-0.3, -0.25) is 9.80 Å². The first-order valence-corrected chi connectivity index (χ1v) is 10.9. The summed E-state index contributed by atoms with van der Waals surface area (Å²) in [6, 6.07) is 6.70. The lowest BCUT2D eigenvalue weighted by Gasteiger charge is -2.32. The molecule has 0 bridgehead atoms. The second-order valence-corrected chi connectivity index (χ2v) is 8.98. The number of nitrogens with one attached hydrogen (secondary N) is 1. The molecule has 2 aliphatic rings. The fourth-order valence-corrected chi connectivity index (χ4v) is 4.70. The number of hydrazine groups is 1. The van der Waals surface area contributed by atoms with Crippen LogP contribution >= 0.6 is 12.2 Å². The molecule has 1 heterocycles. The maximum atomic E-state index is 13.0. The molecule has 2 fully saturated rings. The summed E-state index contributed by atoms with van der Waals surface area (Å²) in [5.41, 5.74) is 0.195. The van der Waals surface area contributed by atoms with Gasteiger partial charge in [-0.25, -0.2) is 13.4 Å². The van der Waals surface area contributed by atoms with Crippen LogP contribution in [-0.2, 0) is 9.84 Å². The van der Waals surface area contributed by atoms with Crippen molar-refractivity contribution in [2.75, 3.05) is 19.3 Å². The number of hydrogen-bond donors (Lipinski definition) is 1. The monoisotopic (exact) mass is 381 g/mol. The molecule has 1 saturated carbocycles. The summed E-state index contributed by atoms with van der Waals surface area (Å²) in [6.07, 6.45) is 6.51. The van der Waals surface area contributed by atoms with E-state index in [2.05, 4.69) is 5.32 Å².